The summed E-state index contributed by atoms with van der Waals surface area (Å²) in [6.45, 7) is 4.86. The fourth-order valence-electron chi connectivity index (χ4n) is 3.29. The zero-order chi connectivity index (χ0) is 20.1. The van der Waals surface area contributed by atoms with Gasteiger partial charge in [-0.3, -0.25) is 9.89 Å². The molecule has 29 heavy (non-hydrogen) atoms. The van der Waals surface area contributed by atoms with Crippen molar-refractivity contribution in [1.82, 2.24) is 30.3 Å². The van der Waals surface area contributed by atoms with Crippen LogP contribution in [-0.2, 0) is 20.1 Å². The maximum atomic E-state index is 13.4. The molecule has 0 radical (unpaired) electrons. The molecule has 7 nitrogen and oxygen atoms in total. The summed E-state index contributed by atoms with van der Waals surface area (Å²) < 4.78 is 28.4. The van der Waals surface area contributed by atoms with Crippen LogP contribution in [0.3, 0.4) is 0 Å². The van der Waals surface area contributed by atoms with Crippen molar-refractivity contribution in [2.45, 2.75) is 38.9 Å². The summed E-state index contributed by atoms with van der Waals surface area (Å²) in [6.07, 6.45) is 1.90. The Morgan fingerprint density at radius 3 is 2.52 bits per heavy atom. The first kappa shape index (κ1) is 23.5. The monoisotopic (exact) mass is 519 g/mol. The quantitative estimate of drug-likeness (QED) is 0.361. The van der Waals surface area contributed by atoms with E-state index in [4.69, 9.17) is 0 Å². The van der Waals surface area contributed by atoms with Crippen LogP contribution < -0.4 is 10.6 Å². The number of likely N-dealkylation sites (tertiary alicyclic amines) is 1. The zero-order valence-electron chi connectivity index (χ0n) is 17.0. The molecule has 0 aliphatic carbocycles. The standard InChI is InChI=1S/C19H27F2N7.HI/c1-13-25-26-18(27(13)3)11-23-19(22-2)24-15-6-8-28(9-7-15)12-14-4-5-16(20)17(21)10-14;/h4-5,10,15H,6-9,11-12H2,1-3H3,(H2,22,23,24);1H. The van der Waals surface area contributed by atoms with Crippen LogP contribution in [0.2, 0.25) is 0 Å². The molecule has 0 bridgehead atoms. The van der Waals surface area contributed by atoms with Gasteiger partial charge in [-0.1, -0.05) is 6.07 Å². The second-order valence-corrected chi connectivity index (χ2v) is 7.09. The Kier molecular flexibility index (Phi) is 8.75. The Hall–Kier alpha value is -1.82. The van der Waals surface area contributed by atoms with Crippen LogP contribution in [-0.4, -0.2) is 51.8 Å². The maximum Gasteiger partial charge on any atom is 0.191 e. The number of nitrogens with zero attached hydrogens (tertiary/aromatic N) is 5. The molecular weight excluding hydrogens is 491 g/mol. The van der Waals surface area contributed by atoms with E-state index in [1.165, 1.54) is 12.1 Å². The Labute approximate surface area is 187 Å². The smallest absolute Gasteiger partial charge is 0.191 e. The molecule has 2 heterocycles. The van der Waals surface area contributed by atoms with Crippen molar-refractivity contribution < 1.29 is 8.78 Å². The molecule has 160 valence electrons. The fourth-order valence-corrected chi connectivity index (χ4v) is 3.29. The van der Waals surface area contributed by atoms with E-state index >= 15 is 0 Å². The van der Waals surface area contributed by atoms with Gasteiger partial charge in [0.2, 0.25) is 0 Å². The highest BCUT2D eigenvalue weighted by Crippen LogP contribution is 2.16. The second kappa shape index (κ2) is 10.8. The molecule has 0 spiro atoms. The molecule has 0 atom stereocenters. The van der Waals surface area contributed by atoms with Gasteiger partial charge in [-0.05, 0) is 37.5 Å². The zero-order valence-corrected chi connectivity index (χ0v) is 19.3. The summed E-state index contributed by atoms with van der Waals surface area (Å²) in [4.78, 5) is 6.54. The number of rotatable bonds is 5. The van der Waals surface area contributed by atoms with Gasteiger partial charge in [-0.15, -0.1) is 34.2 Å². The number of aliphatic imine (C=N–C) groups is 1. The van der Waals surface area contributed by atoms with Crippen LogP contribution in [0.4, 0.5) is 8.78 Å². The van der Waals surface area contributed by atoms with E-state index in [9.17, 15) is 8.78 Å². The SMILES string of the molecule is CN=C(NCc1nnc(C)n1C)NC1CCN(Cc2ccc(F)c(F)c2)CC1.I. The first-order valence-corrected chi connectivity index (χ1v) is 9.44. The lowest BCUT2D eigenvalue weighted by Gasteiger charge is -2.33. The Balaban J connectivity index is 0.00000300. The van der Waals surface area contributed by atoms with Crippen LogP contribution in [0.5, 0.6) is 0 Å². The van der Waals surface area contributed by atoms with Gasteiger partial charge in [0.05, 0.1) is 6.54 Å². The van der Waals surface area contributed by atoms with Gasteiger partial charge in [0.1, 0.15) is 5.82 Å². The third-order valence-corrected chi connectivity index (χ3v) is 5.14. The molecule has 1 aromatic heterocycles. The average molecular weight is 519 g/mol. The lowest BCUT2D eigenvalue weighted by molar-refractivity contribution is 0.198. The highest BCUT2D eigenvalue weighted by molar-refractivity contribution is 14.0. The number of benzene rings is 1. The topological polar surface area (TPSA) is 70.4 Å². The van der Waals surface area contributed by atoms with Gasteiger partial charge in [-0.25, -0.2) is 8.78 Å². The van der Waals surface area contributed by atoms with Crippen molar-refractivity contribution in [3.63, 3.8) is 0 Å². The van der Waals surface area contributed by atoms with E-state index in [0.717, 1.165) is 49.1 Å². The number of piperidine rings is 1. The van der Waals surface area contributed by atoms with E-state index in [2.05, 4.69) is 30.7 Å². The van der Waals surface area contributed by atoms with Crippen molar-refractivity contribution in [2.24, 2.45) is 12.0 Å². The Morgan fingerprint density at radius 2 is 1.93 bits per heavy atom. The summed E-state index contributed by atoms with van der Waals surface area (Å²) in [6, 6.07) is 4.42. The van der Waals surface area contributed by atoms with Crippen molar-refractivity contribution >= 4 is 29.9 Å². The van der Waals surface area contributed by atoms with Gasteiger partial charge in [0, 0.05) is 39.8 Å². The van der Waals surface area contributed by atoms with Crippen molar-refractivity contribution in [1.29, 1.82) is 0 Å². The second-order valence-electron chi connectivity index (χ2n) is 7.09. The molecule has 1 fully saturated rings. The highest BCUT2D eigenvalue weighted by atomic mass is 127. The summed E-state index contributed by atoms with van der Waals surface area (Å²) in [7, 11) is 3.68. The van der Waals surface area contributed by atoms with E-state index < -0.39 is 11.6 Å². The molecular formula is C19H28F2IN7. The third kappa shape index (κ3) is 6.33. The van der Waals surface area contributed by atoms with Crippen LogP contribution in [0, 0.1) is 18.6 Å². The van der Waals surface area contributed by atoms with Crippen molar-refractivity contribution in [3.8, 4) is 0 Å². The number of guanidine groups is 1. The fraction of sp³-hybridized carbons (Fsp3) is 0.526. The maximum absolute atomic E-state index is 13.4. The average Bonchev–Trinajstić information content (AvgIpc) is 3.01. The number of halogens is 3. The molecule has 1 saturated heterocycles. The van der Waals surface area contributed by atoms with E-state index in [1.807, 2.05) is 18.5 Å². The lowest BCUT2D eigenvalue weighted by Crippen LogP contribution is -2.48. The minimum Gasteiger partial charge on any atom is -0.354 e. The van der Waals surface area contributed by atoms with Gasteiger partial charge < -0.3 is 15.2 Å². The molecule has 0 unspecified atom stereocenters. The Morgan fingerprint density at radius 1 is 1.21 bits per heavy atom. The van der Waals surface area contributed by atoms with E-state index in [0.29, 0.717) is 19.1 Å². The summed E-state index contributed by atoms with van der Waals surface area (Å²) in [5, 5.41) is 14.9. The minimum atomic E-state index is -0.804. The number of aromatic nitrogens is 3. The first-order valence-electron chi connectivity index (χ1n) is 9.44. The number of aryl methyl sites for hydroxylation is 1. The molecule has 1 aliphatic rings. The summed E-state index contributed by atoms with van der Waals surface area (Å²) in [5.74, 6) is 0.860. The van der Waals surface area contributed by atoms with E-state index in [-0.39, 0.29) is 24.0 Å². The predicted molar refractivity (Wildman–Crippen MR) is 119 cm³/mol. The normalized spacial score (nSPS) is 15.8. The molecule has 0 saturated carbocycles. The van der Waals surface area contributed by atoms with Gasteiger partial charge in [0.25, 0.3) is 0 Å². The molecule has 2 N–H and O–H groups in total. The molecule has 2 aromatic rings. The minimum absolute atomic E-state index is 0. The predicted octanol–water partition coefficient (Wildman–Crippen LogP) is 2.35. The molecule has 0 amide bonds. The molecule has 1 aromatic carbocycles. The molecule has 1 aliphatic heterocycles. The largest absolute Gasteiger partial charge is 0.354 e. The van der Waals surface area contributed by atoms with Gasteiger partial charge in [0.15, 0.2) is 23.4 Å². The van der Waals surface area contributed by atoms with Crippen LogP contribution >= 0.6 is 24.0 Å². The first-order chi connectivity index (χ1) is 13.5. The number of hydrogen-bond donors (Lipinski definition) is 2. The van der Waals surface area contributed by atoms with Crippen LogP contribution in [0.15, 0.2) is 23.2 Å². The van der Waals surface area contributed by atoms with Gasteiger partial charge in [-0.2, -0.15) is 0 Å². The lowest BCUT2D eigenvalue weighted by atomic mass is 10.0. The van der Waals surface area contributed by atoms with Crippen molar-refractivity contribution in [2.75, 3.05) is 20.1 Å². The van der Waals surface area contributed by atoms with Crippen LogP contribution in [0.25, 0.3) is 0 Å². The van der Waals surface area contributed by atoms with Crippen LogP contribution in [0.1, 0.15) is 30.1 Å². The number of hydrogen-bond acceptors (Lipinski definition) is 4. The van der Waals surface area contributed by atoms with E-state index in [1.54, 1.807) is 13.1 Å². The molecule has 10 heteroatoms. The van der Waals surface area contributed by atoms with Crippen molar-refractivity contribution in [3.05, 3.63) is 47.0 Å². The van der Waals surface area contributed by atoms with Gasteiger partial charge >= 0.3 is 0 Å². The third-order valence-electron chi connectivity index (χ3n) is 5.14. The summed E-state index contributed by atoms with van der Waals surface area (Å²) >= 11 is 0. The number of nitrogens with one attached hydrogen (secondary N) is 2. The summed E-state index contributed by atoms with van der Waals surface area (Å²) in [5.41, 5.74) is 0.793. The Bertz CT molecular complexity index is 832. The highest BCUT2D eigenvalue weighted by Gasteiger charge is 2.20. The molecule has 3 rings (SSSR count).